The summed E-state index contributed by atoms with van der Waals surface area (Å²) in [5.74, 6) is -2.30. The van der Waals surface area contributed by atoms with E-state index >= 15 is 8.78 Å². The van der Waals surface area contributed by atoms with Crippen LogP contribution in [0, 0.1) is 103 Å². The van der Waals surface area contributed by atoms with Crippen molar-refractivity contribution in [3.05, 3.63) is 104 Å². The fourth-order valence-electron chi connectivity index (χ4n) is 5.15. The number of aromatic nitrogens is 2. The maximum atomic E-state index is 15.2. The van der Waals surface area contributed by atoms with Gasteiger partial charge in [0, 0.05) is 44.5 Å². The minimum absolute atomic E-state index is 0.0573. The van der Waals surface area contributed by atoms with E-state index in [-0.39, 0.29) is 78.2 Å². The van der Waals surface area contributed by atoms with Gasteiger partial charge in [0.05, 0.1) is 11.1 Å². The van der Waals surface area contributed by atoms with Crippen LogP contribution in [0.1, 0.15) is 44.8 Å². The number of fused-ring (bicyclic) bond motifs is 2. The number of allylic oxidation sites excluding steroid dienone is 8. The Hall–Kier alpha value is -7.74. The van der Waals surface area contributed by atoms with Gasteiger partial charge in [-0.2, -0.15) is 50.9 Å². The summed E-state index contributed by atoms with van der Waals surface area (Å²) >= 11 is 0. The summed E-state index contributed by atoms with van der Waals surface area (Å²) < 4.78 is 30.4. The molecule has 0 bridgehead atoms. The molecule has 0 saturated heterocycles. The number of halogens is 2. The fourth-order valence-corrected chi connectivity index (χ4v) is 5.15. The van der Waals surface area contributed by atoms with Crippen LogP contribution in [-0.4, -0.2) is 9.97 Å². The molecular weight excluding hydrogens is 562 g/mol. The molecule has 0 aliphatic heterocycles. The van der Waals surface area contributed by atoms with Crippen LogP contribution in [0.5, 0.6) is 0 Å². The highest BCUT2D eigenvalue weighted by molar-refractivity contribution is 6.29. The number of nitriles is 8. The molecule has 10 nitrogen and oxygen atoms in total. The van der Waals surface area contributed by atoms with E-state index < -0.39 is 23.0 Å². The Morgan fingerprint density at radius 3 is 1.14 bits per heavy atom. The Bertz CT molecular complexity index is 2190. The van der Waals surface area contributed by atoms with Gasteiger partial charge in [-0.3, -0.25) is 0 Å². The van der Waals surface area contributed by atoms with Crippen molar-refractivity contribution < 1.29 is 8.78 Å². The number of hydrogen-bond acceptors (Lipinski definition) is 10. The summed E-state index contributed by atoms with van der Waals surface area (Å²) in [6, 6.07) is 21.6. The first-order valence-corrected chi connectivity index (χ1v) is 12.0. The van der Waals surface area contributed by atoms with Crippen LogP contribution >= 0.6 is 0 Å². The van der Waals surface area contributed by atoms with Crippen molar-refractivity contribution in [2.75, 3.05) is 0 Å². The number of pyridine rings is 2. The first kappa shape index (κ1) is 27.8. The molecule has 0 radical (unpaired) electrons. The fraction of sp³-hybridized carbons (Fsp3) is 0. The lowest BCUT2D eigenvalue weighted by molar-refractivity contribution is 0.578. The topological polar surface area (TPSA) is 216 Å². The standard InChI is InChI=1S/C32H6F2N10/c33-31-19(3-1-17(11-39)43-31)29-25(13-41)21-5-22-24(6-23(21)27(29)15(7-35)8-36)28(16(9-37)10-38)30(26(22)14-42)20-4-2-18(12-40)44-32(20)34/h1-6H. The Balaban J connectivity index is 1.94. The summed E-state index contributed by atoms with van der Waals surface area (Å²) in [6.07, 6.45) is 0. The van der Waals surface area contributed by atoms with Gasteiger partial charge in [0.15, 0.2) is 0 Å². The molecule has 2 aliphatic carbocycles. The lowest BCUT2D eigenvalue weighted by atomic mass is 9.89. The molecule has 5 rings (SSSR count). The van der Waals surface area contributed by atoms with Crippen molar-refractivity contribution in [1.29, 1.82) is 42.1 Å². The molecule has 2 heterocycles. The molecule has 0 fully saturated rings. The van der Waals surface area contributed by atoms with Crippen LogP contribution in [-0.2, 0) is 0 Å². The molecule has 198 valence electrons. The third-order valence-corrected chi connectivity index (χ3v) is 6.87. The average molecular weight is 568 g/mol. The van der Waals surface area contributed by atoms with Crippen molar-refractivity contribution in [3.63, 3.8) is 0 Å². The van der Waals surface area contributed by atoms with E-state index in [1.165, 1.54) is 36.4 Å². The third kappa shape index (κ3) is 3.93. The van der Waals surface area contributed by atoms with Gasteiger partial charge < -0.3 is 0 Å². The second-order valence-electron chi connectivity index (χ2n) is 8.91. The summed E-state index contributed by atoms with van der Waals surface area (Å²) in [5.41, 5.74) is -2.94. The molecule has 12 heteroatoms. The van der Waals surface area contributed by atoms with Crippen LogP contribution in [0.3, 0.4) is 0 Å². The highest BCUT2D eigenvalue weighted by Crippen LogP contribution is 2.54. The van der Waals surface area contributed by atoms with Gasteiger partial charge in [0.2, 0.25) is 11.9 Å². The first-order chi connectivity index (χ1) is 21.3. The van der Waals surface area contributed by atoms with Gasteiger partial charge in [-0.15, -0.1) is 0 Å². The Kier molecular flexibility index (Phi) is 6.75. The number of hydrogen-bond donors (Lipinski definition) is 0. The second kappa shape index (κ2) is 10.7. The molecule has 44 heavy (non-hydrogen) atoms. The molecule has 0 spiro atoms. The maximum Gasteiger partial charge on any atom is 0.222 e. The normalized spacial score (nSPS) is 12.3. The summed E-state index contributed by atoms with van der Waals surface area (Å²) in [4.78, 5) is 7.14. The predicted octanol–water partition coefficient (Wildman–Crippen LogP) is 5.00. The van der Waals surface area contributed by atoms with Gasteiger partial charge in [-0.25, -0.2) is 9.97 Å². The van der Waals surface area contributed by atoms with E-state index in [4.69, 9.17) is 10.5 Å². The first-order valence-electron chi connectivity index (χ1n) is 12.0. The average Bonchev–Trinajstić information content (AvgIpc) is 3.52. The van der Waals surface area contributed by atoms with Gasteiger partial charge in [0.25, 0.3) is 0 Å². The summed E-state index contributed by atoms with van der Waals surface area (Å²) in [7, 11) is 0. The SMILES string of the molecule is N#CC(C#N)=C1C(c2ccc(C#N)nc2F)=C(C#N)c2cc3c(cc21)C(=C(C#N)C#N)C(c1ccc(C#N)nc1F)=C3C#N. The summed E-state index contributed by atoms with van der Waals surface area (Å²) in [5, 5.41) is 78.0. The second-order valence-corrected chi connectivity index (χ2v) is 8.91. The van der Waals surface area contributed by atoms with Gasteiger partial charge in [-0.05, 0) is 47.5 Å². The monoisotopic (exact) mass is 568 g/mol. The molecular formula is C32H6F2N10. The Morgan fingerprint density at radius 2 is 0.841 bits per heavy atom. The maximum absolute atomic E-state index is 15.2. The van der Waals surface area contributed by atoms with Crippen molar-refractivity contribution >= 4 is 33.4 Å². The van der Waals surface area contributed by atoms with E-state index in [0.29, 0.717) is 0 Å². The molecule has 2 aromatic heterocycles. The van der Waals surface area contributed by atoms with Crippen LogP contribution < -0.4 is 0 Å². The molecule has 0 N–H and O–H groups in total. The van der Waals surface area contributed by atoms with Crippen molar-refractivity contribution in [2.45, 2.75) is 0 Å². The minimum atomic E-state index is -1.15. The zero-order valence-corrected chi connectivity index (χ0v) is 21.7. The zero-order chi connectivity index (χ0) is 31.7. The highest BCUT2D eigenvalue weighted by atomic mass is 19.1. The van der Waals surface area contributed by atoms with Crippen molar-refractivity contribution in [1.82, 2.24) is 9.97 Å². The smallest absolute Gasteiger partial charge is 0.208 e. The van der Waals surface area contributed by atoms with Gasteiger partial charge >= 0.3 is 0 Å². The van der Waals surface area contributed by atoms with E-state index in [1.54, 1.807) is 36.4 Å². The zero-order valence-electron chi connectivity index (χ0n) is 21.7. The van der Waals surface area contributed by atoms with E-state index in [0.717, 1.165) is 0 Å². The molecule has 0 unspecified atom stereocenters. The number of nitrogens with zero attached hydrogens (tertiary/aromatic N) is 10. The van der Waals surface area contributed by atoms with E-state index in [2.05, 4.69) is 9.97 Å². The molecule has 2 aliphatic rings. The molecule has 3 aromatic rings. The Labute approximate surface area is 247 Å². The predicted molar refractivity (Wildman–Crippen MR) is 145 cm³/mol. The largest absolute Gasteiger partial charge is 0.222 e. The van der Waals surface area contributed by atoms with Crippen molar-refractivity contribution in [3.8, 4) is 48.6 Å². The van der Waals surface area contributed by atoms with Crippen molar-refractivity contribution in [2.24, 2.45) is 0 Å². The van der Waals surface area contributed by atoms with Crippen LogP contribution in [0.15, 0.2) is 47.5 Å². The van der Waals surface area contributed by atoms with Crippen LogP contribution in [0.4, 0.5) is 8.78 Å². The molecule has 0 amide bonds. The lowest BCUT2D eigenvalue weighted by Crippen LogP contribution is -1.99. The van der Waals surface area contributed by atoms with Crippen LogP contribution in [0.25, 0.3) is 33.4 Å². The van der Waals surface area contributed by atoms with E-state index in [9.17, 15) is 31.6 Å². The Morgan fingerprint density at radius 1 is 0.477 bits per heavy atom. The van der Waals surface area contributed by atoms with E-state index in [1.807, 2.05) is 12.1 Å². The lowest BCUT2D eigenvalue weighted by Gasteiger charge is -2.12. The highest BCUT2D eigenvalue weighted by Gasteiger charge is 2.38. The third-order valence-electron chi connectivity index (χ3n) is 6.87. The summed E-state index contributed by atoms with van der Waals surface area (Å²) in [6.45, 7) is 0. The minimum Gasteiger partial charge on any atom is -0.208 e. The van der Waals surface area contributed by atoms with Gasteiger partial charge in [-0.1, -0.05) is 0 Å². The quantitative estimate of drug-likeness (QED) is 0.298. The van der Waals surface area contributed by atoms with Crippen LogP contribution in [0.2, 0.25) is 0 Å². The molecule has 0 saturated carbocycles. The van der Waals surface area contributed by atoms with Gasteiger partial charge in [0.1, 0.15) is 71.1 Å². The molecule has 0 atom stereocenters. The molecule has 1 aromatic carbocycles. The number of rotatable bonds is 2. The number of benzene rings is 1.